The smallest absolute Gasteiger partial charge is 0.146 e. The first-order valence-electron chi connectivity index (χ1n) is 8.54. The predicted octanol–water partition coefficient (Wildman–Crippen LogP) is 5.70. The van der Waals surface area contributed by atoms with Crippen molar-refractivity contribution in [3.8, 4) is 0 Å². The van der Waals surface area contributed by atoms with Gasteiger partial charge in [-0.1, -0.05) is 89.6 Å². The molecule has 106 valence electrons. The molecule has 0 rings (SSSR count). The van der Waals surface area contributed by atoms with E-state index in [-0.39, 0.29) is 0 Å². The van der Waals surface area contributed by atoms with E-state index < -0.39 is 0 Å². The fourth-order valence-corrected chi connectivity index (χ4v) is 5.89. The molecule has 0 aromatic heterocycles. The highest BCUT2D eigenvalue weighted by Gasteiger charge is 1.99. The minimum absolute atomic E-state index is 0.316. The second kappa shape index (κ2) is 18.3. The molecule has 0 aliphatic carbocycles. The van der Waals surface area contributed by atoms with E-state index in [4.69, 9.17) is 0 Å². The third-order valence-corrected chi connectivity index (χ3v) is 8.40. The number of unbranched alkanes of at least 4 members (excludes halogenated alkanes) is 2. The number of hydrogen-bond acceptors (Lipinski definition) is 0. The van der Waals surface area contributed by atoms with Crippen LogP contribution in [0.4, 0.5) is 0 Å². The lowest BCUT2D eigenvalue weighted by Gasteiger charge is -2.03. The predicted molar refractivity (Wildman–Crippen MR) is 91.6 cm³/mol. The topological polar surface area (TPSA) is 0 Å². The van der Waals surface area contributed by atoms with Crippen LogP contribution < -0.4 is 0 Å². The van der Waals surface area contributed by atoms with Crippen molar-refractivity contribution in [1.29, 1.82) is 0 Å². The zero-order valence-corrected chi connectivity index (χ0v) is 17.1. The molecule has 0 aromatic rings. The number of hydrogen-bond donors (Lipinski definition) is 0. The molecule has 0 nitrogen and oxygen atoms in total. The van der Waals surface area contributed by atoms with Gasteiger partial charge < -0.3 is 0 Å². The Hall–Kier alpha value is 1.30. The van der Waals surface area contributed by atoms with Gasteiger partial charge in [0.05, 0.1) is 0 Å². The molecule has 18 heavy (non-hydrogen) atoms. The van der Waals surface area contributed by atoms with Crippen molar-refractivity contribution in [2.45, 2.75) is 86.9 Å². The summed E-state index contributed by atoms with van der Waals surface area (Å²) in [6.07, 6.45) is 5.80. The quantitative estimate of drug-likeness (QED) is 0.356. The molecule has 0 unspecified atom stereocenters. The van der Waals surface area contributed by atoms with Crippen LogP contribution in [-0.4, -0.2) is 35.6 Å². The van der Waals surface area contributed by atoms with Crippen LogP contribution in [-0.2, 0) is 0 Å². The third-order valence-electron chi connectivity index (χ3n) is 3.27. The Balaban J connectivity index is 0. The highest BCUT2D eigenvalue weighted by molar-refractivity contribution is 6.35. The summed E-state index contributed by atoms with van der Waals surface area (Å²) in [5.74, 6) is 1.91. The van der Waals surface area contributed by atoms with E-state index in [1.807, 2.05) is 0 Å². The summed E-state index contributed by atoms with van der Waals surface area (Å²) in [6.45, 7) is 13.9. The second-order valence-electron chi connectivity index (χ2n) is 6.49. The molecular weight excluding hydrogens is 243 g/mol. The third kappa shape index (κ3) is 26.0. The van der Waals surface area contributed by atoms with E-state index in [1.54, 1.807) is 9.10 Å². The van der Waals surface area contributed by atoms with Gasteiger partial charge in [-0.25, -0.2) is 0 Å². The summed E-state index contributed by atoms with van der Waals surface area (Å²) in [5, 5.41) is 3.08. The molecule has 0 aromatic carbocycles. The molecule has 0 bridgehead atoms. The normalized spacial score (nSPS) is 10.0. The van der Waals surface area contributed by atoms with Crippen molar-refractivity contribution in [3.05, 3.63) is 0 Å². The standard InChI is InChI=1S/4C4H9.Al.Mg.H/c2*1-4(2)3;2*1-3-4-2;;;/h2*4H,1H2,2-3H3;2*1,3-4H2,2H3;;;. The van der Waals surface area contributed by atoms with Gasteiger partial charge in [0.15, 0.2) is 0 Å². The van der Waals surface area contributed by atoms with Gasteiger partial charge >= 0.3 is 20.4 Å². The average molecular weight is 281 g/mol. The molecule has 0 fully saturated rings. The Bertz CT molecular complexity index is 121. The van der Waals surface area contributed by atoms with E-state index >= 15 is 0 Å². The summed E-state index contributed by atoms with van der Waals surface area (Å²) in [7, 11) is 0. The van der Waals surface area contributed by atoms with Crippen LogP contribution >= 0.6 is 0 Å². The second-order valence-corrected chi connectivity index (χ2v) is 10.5. The lowest BCUT2D eigenvalue weighted by Crippen LogP contribution is -1.99. The molecule has 0 saturated carbocycles. The van der Waals surface area contributed by atoms with Gasteiger partial charge in [-0.15, -0.1) is 9.10 Å². The molecule has 0 N–H and O–H groups in total. The van der Waals surface area contributed by atoms with Crippen molar-refractivity contribution in [2.24, 2.45) is 11.8 Å². The average Bonchev–Trinajstić information content (AvgIpc) is 2.29. The zero-order chi connectivity index (χ0) is 14.2. The van der Waals surface area contributed by atoms with Gasteiger partial charge in [0.25, 0.3) is 0 Å². The van der Waals surface area contributed by atoms with Gasteiger partial charge in [0, 0.05) is 0 Å². The van der Waals surface area contributed by atoms with Crippen molar-refractivity contribution < 1.29 is 0 Å². The van der Waals surface area contributed by atoms with Crippen LogP contribution in [0.25, 0.3) is 0 Å². The largest absolute Gasteiger partial charge is 0.364 e. The van der Waals surface area contributed by atoms with Crippen LogP contribution in [0.15, 0.2) is 0 Å². The van der Waals surface area contributed by atoms with Crippen molar-refractivity contribution in [2.75, 3.05) is 0 Å². The maximum atomic E-state index is 2.33. The van der Waals surface area contributed by atoms with Crippen LogP contribution in [0.1, 0.15) is 67.2 Å². The summed E-state index contributed by atoms with van der Waals surface area (Å²) in [5.41, 5.74) is 0. The Morgan fingerprint density at radius 1 is 0.778 bits per heavy atom. The van der Waals surface area contributed by atoms with Crippen molar-refractivity contribution in [1.82, 2.24) is 0 Å². The fraction of sp³-hybridized carbons (Fsp3) is 1.00. The maximum absolute atomic E-state index is 2.33. The first kappa shape index (κ1) is 21.6. The SMILES string of the molecule is CC(C)[CH2][AlH][CH2]C(C)C.CCC[CH2][Mg][CH2]CCC. The fourth-order valence-electron chi connectivity index (χ4n) is 1.96. The maximum Gasteiger partial charge on any atom is 0.364 e. The highest BCUT2D eigenvalue weighted by Crippen LogP contribution is 2.05. The van der Waals surface area contributed by atoms with Crippen LogP contribution in [0, 0.1) is 11.8 Å². The van der Waals surface area contributed by atoms with Gasteiger partial charge in [0.2, 0.25) is 15.2 Å². The highest BCUT2D eigenvalue weighted by atomic mass is 27.1. The van der Waals surface area contributed by atoms with E-state index in [2.05, 4.69) is 41.5 Å². The molecule has 0 aliphatic heterocycles. The Labute approximate surface area is 134 Å². The summed E-state index contributed by atoms with van der Waals surface area (Å²) in [6, 6.07) is 0. The lowest BCUT2D eigenvalue weighted by atomic mass is 10.3. The molecule has 2 heteroatoms. The number of rotatable bonds is 10. The summed E-state index contributed by atoms with van der Waals surface area (Å²) in [4.78, 5) is 0. The van der Waals surface area contributed by atoms with Gasteiger partial charge in [-0.3, -0.25) is 0 Å². The molecular formula is C16H37AlMg. The van der Waals surface area contributed by atoms with Crippen LogP contribution in [0.5, 0.6) is 0 Å². The molecule has 0 heterocycles. The van der Waals surface area contributed by atoms with E-state index in [0.29, 0.717) is 35.6 Å². The molecule has 0 amide bonds. The zero-order valence-electron chi connectivity index (χ0n) is 14.2. The summed E-state index contributed by atoms with van der Waals surface area (Å²) < 4.78 is 3.19. The minimum Gasteiger partial charge on any atom is -0.146 e. The minimum atomic E-state index is 0.316. The monoisotopic (exact) mass is 280 g/mol. The molecule has 0 radical (unpaired) electrons. The first-order valence-corrected chi connectivity index (χ1v) is 12.5. The molecule has 0 saturated heterocycles. The van der Waals surface area contributed by atoms with Crippen molar-refractivity contribution in [3.63, 3.8) is 0 Å². The van der Waals surface area contributed by atoms with Crippen molar-refractivity contribution >= 4 is 35.6 Å². The van der Waals surface area contributed by atoms with Gasteiger partial charge in [-0.05, 0) is 0 Å². The van der Waals surface area contributed by atoms with E-state index in [0.717, 1.165) is 11.8 Å². The van der Waals surface area contributed by atoms with Gasteiger partial charge in [-0.2, -0.15) is 0 Å². The lowest BCUT2D eigenvalue weighted by molar-refractivity contribution is 0.700. The molecule has 0 atom stereocenters. The van der Waals surface area contributed by atoms with Crippen LogP contribution in [0.3, 0.4) is 0 Å². The van der Waals surface area contributed by atoms with E-state index in [1.165, 1.54) is 36.2 Å². The first-order chi connectivity index (χ1) is 8.54. The molecule has 0 spiro atoms. The Morgan fingerprint density at radius 3 is 1.44 bits per heavy atom. The Kier molecular flexibility index (Phi) is 22.0. The van der Waals surface area contributed by atoms with Crippen LogP contribution in [0.2, 0.25) is 19.7 Å². The molecule has 0 aliphatic rings. The Morgan fingerprint density at radius 2 is 1.17 bits per heavy atom. The summed E-state index contributed by atoms with van der Waals surface area (Å²) >= 11 is 0.706. The van der Waals surface area contributed by atoms with Gasteiger partial charge in [0.1, 0.15) is 0 Å². The van der Waals surface area contributed by atoms with E-state index in [9.17, 15) is 0 Å².